The van der Waals surface area contributed by atoms with Crippen LogP contribution in [0.25, 0.3) is 0 Å². The monoisotopic (exact) mass is 744 g/mol. The average Bonchev–Trinajstić information content (AvgIpc) is 3.82. The second-order valence-electron chi connectivity index (χ2n) is 14.8. The number of benzene rings is 2. The third-order valence-corrected chi connectivity index (χ3v) is 12.2. The highest BCUT2D eigenvalue weighted by molar-refractivity contribution is 7.09. The van der Waals surface area contributed by atoms with Crippen molar-refractivity contribution in [2.45, 2.75) is 101 Å². The van der Waals surface area contributed by atoms with Gasteiger partial charge >= 0.3 is 12.1 Å². The molecular formula is C39H48N6O5S2. The molecule has 6 rings (SSSR count). The molecule has 4 N–H and O–H groups in total. The predicted molar refractivity (Wildman–Crippen MR) is 202 cm³/mol. The molecule has 276 valence electrons. The average molecular weight is 745 g/mol. The van der Waals surface area contributed by atoms with Crippen molar-refractivity contribution >= 4 is 40.7 Å². The molecule has 2 aliphatic carbocycles. The summed E-state index contributed by atoms with van der Waals surface area (Å²) < 4.78 is 5.55. The Morgan fingerprint density at radius 2 is 1.63 bits per heavy atom. The van der Waals surface area contributed by atoms with Crippen LogP contribution < -0.4 is 16.0 Å². The van der Waals surface area contributed by atoms with Crippen LogP contribution in [0.15, 0.2) is 77.8 Å². The quantitative estimate of drug-likeness (QED) is 0.108. The summed E-state index contributed by atoms with van der Waals surface area (Å²) in [6, 6.07) is 18.5. The van der Waals surface area contributed by atoms with Crippen LogP contribution in [0.3, 0.4) is 0 Å². The third kappa shape index (κ3) is 8.48. The first-order valence-electron chi connectivity index (χ1n) is 17.8. The third-order valence-electron chi connectivity index (χ3n) is 10.2. The lowest BCUT2D eigenvalue weighted by molar-refractivity contribution is -0.125. The van der Waals surface area contributed by atoms with E-state index in [9.17, 15) is 19.5 Å². The summed E-state index contributed by atoms with van der Waals surface area (Å²) >= 11 is 2.97. The minimum Gasteiger partial charge on any atom is -0.444 e. The van der Waals surface area contributed by atoms with Gasteiger partial charge in [-0.05, 0) is 36.3 Å². The number of hydrogen-bond donors (Lipinski definition) is 4. The number of nitrogens with one attached hydrogen (secondary N) is 3. The maximum Gasteiger partial charge on any atom is 0.408 e. The number of aliphatic hydroxyl groups excluding tert-OH is 1. The maximum atomic E-state index is 14.2. The zero-order chi connectivity index (χ0) is 37.0. The molecule has 13 heteroatoms. The molecule has 2 aliphatic rings. The predicted octanol–water partition coefficient (Wildman–Crippen LogP) is 6.54. The number of carbonyl (C=O) groups is 3. The van der Waals surface area contributed by atoms with Crippen LogP contribution in [0.4, 0.5) is 9.59 Å². The molecule has 0 saturated heterocycles. The Morgan fingerprint density at radius 1 is 0.962 bits per heavy atom. The van der Waals surface area contributed by atoms with Crippen molar-refractivity contribution in [2.75, 3.05) is 7.05 Å². The van der Waals surface area contributed by atoms with Gasteiger partial charge in [-0.2, -0.15) is 0 Å². The highest BCUT2D eigenvalue weighted by Gasteiger charge is 2.65. The SMILES string of the molecule is CC(C)c1nc(CN(C)C(=O)N[C@H](C(=O)NC2(C[C@H](O)C3(NC(=O)OCc4cncs4)C[C@@H]3c3ccccc3)C[C@H]2c2ccccc2)C(C)C)cs1. The lowest BCUT2D eigenvalue weighted by Crippen LogP contribution is -2.57. The smallest absolute Gasteiger partial charge is 0.408 e. The molecule has 4 aromatic rings. The van der Waals surface area contributed by atoms with Crippen LogP contribution in [0.5, 0.6) is 0 Å². The molecule has 2 fully saturated rings. The summed E-state index contributed by atoms with van der Waals surface area (Å²) in [6.07, 6.45) is 1.32. The van der Waals surface area contributed by atoms with Crippen molar-refractivity contribution in [2.24, 2.45) is 5.92 Å². The number of amides is 4. The molecule has 11 nitrogen and oxygen atoms in total. The number of alkyl carbamates (subject to hydrolysis) is 1. The van der Waals surface area contributed by atoms with E-state index in [1.165, 1.54) is 16.2 Å². The second-order valence-corrected chi connectivity index (χ2v) is 16.6. The minimum atomic E-state index is -1.02. The van der Waals surface area contributed by atoms with E-state index in [0.717, 1.165) is 26.7 Å². The Bertz CT molecular complexity index is 1820. The maximum absolute atomic E-state index is 14.2. The highest BCUT2D eigenvalue weighted by Crippen LogP contribution is 2.60. The summed E-state index contributed by atoms with van der Waals surface area (Å²) in [6.45, 7) is 8.36. The van der Waals surface area contributed by atoms with Crippen LogP contribution in [0.1, 0.15) is 91.4 Å². The molecule has 6 atom stereocenters. The van der Waals surface area contributed by atoms with Gasteiger partial charge in [0.05, 0.1) is 44.8 Å². The van der Waals surface area contributed by atoms with Gasteiger partial charge in [-0.3, -0.25) is 9.78 Å². The van der Waals surface area contributed by atoms with Crippen molar-refractivity contribution in [1.29, 1.82) is 0 Å². The van der Waals surface area contributed by atoms with Gasteiger partial charge < -0.3 is 30.7 Å². The summed E-state index contributed by atoms with van der Waals surface area (Å²) in [4.78, 5) is 51.8. The summed E-state index contributed by atoms with van der Waals surface area (Å²) in [5, 5.41) is 24.4. The number of urea groups is 1. The van der Waals surface area contributed by atoms with Crippen molar-refractivity contribution < 1.29 is 24.2 Å². The highest BCUT2D eigenvalue weighted by atomic mass is 32.1. The standard InChI is InChI=1S/C39H48N6O5S2/c1-24(2)33(42-36(48)45(5)20-28-22-51-35(41-28)25(3)4)34(47)43-38(16-30(38)26-12-8-6-9-13-26)18-32(46)39(17-31(39)27-14-10-7-11-15-27)44-37(49)50-21-29-19-40-23-52-29/h6-15,19,22-25,30-33,46H,16-18,20-21H2,1-5H3,(H,42,48)(H,43,47)(H,44,49)/t30-,31+,32-,33-,38?,39?/m0/s1. The first kappa shape index (κ1) is 37.4. The molecule has 0 bridgehead atoms. The molecule has 2 saturated carbocycles. The fourth-order valence-electron chi connectivity index (χ4n) is 7.09. The summed E-state index contributed by atoms with van der Waals surface area (Å²) in [5.41, 5.74) is 2.73. The Labute approximate surface area is 313 Å². The number of thiazole rings is 2. The molecule has 0 radical (unpaired) electrons. The number of hydrogen-bond acceptors (Lipinski definition) is 9. The van der Waals surface area contributed by atoms with Gasteiger partial charge in [0.2, 0.25) is 5.91 Å². The Balaban J connectivity index is 1.19. The lowest BCUT2D eigenvalue weighted by atomic mass is 9.92. The molecule has 2 aromatic heterocycles. The van der Waals surface area contributed by atoms with Crippen LogP contribution in [-0.4, -0.2) is 68.3 Å². The van der Waals surface area contributed by atoms with E-state index >= 15 is 0 Å². The number of nitrogens with zero attached hydrogens (tertiary/aromatic N) is 3. The zero-order valence-corrected chi connectivity index (χ0v) is 31.9. The molecule has 2 aromatic carbocycles. The van der Waals surface area contributed by atoms with Gasteiger partial charge in [0.15, 0.2) is 0 Å². The zero-order valence-electron chi connectivity index (χ0n) is 30.2. The Morgan fingerprint density at radius 3 is 2.23 bits per heavy atom. The largest absolute Gasteiger partial charge is 0.444 e. The van der Waals surface area contributed by atoms with Gasteiger partial charge in [0, 0.05) is 36.4 Å². The Kier molecular flexibility index (Phi) is 11.3. The van der Waals surface area contributed by atoms with E-state index in [4.69, 9.17) is 4.74 Å². The van der Waals surface area contributed by atoms with Crippen LogP contribution in [0, 0.1) is 5.92 Å². The first-order valence-corrected chi connectivity index (χ1v) is 19.5. The van der Waals surface area contributed by atoms with Crippen LogP contribution in [-0.2, 0) is 22.7 Å². The van der Waals surface area contributed by atoms with Crippen molar-refractivity contribution in [3.63, 3.8) is 0 Å². The van der Waals surface area contributed by atoms with Crippen LogP contribution >= 0.6 is 22.7 Å². The molecule has 2 unspecified atom stereocenters. The summed E-state index contributed by atoms with van der Waals surface area (Å²) in [7, 11) is 1.69. The van der Waals surface area contributed by atoms with Crippen molar-refractivity contribution in [3.8, 4) is 0 Å². The molecule has 0 aliphatic heterocycles. The Hall–Kier alpha value is -4.33. The van der Waals surface area contributed by atoms with Gasteiger partial charge in [0.25, 0.3) is 0 Å². The lowest BCUT2D eigenvalue weighted by Gasteiger charge is -2.32. The van der Waals surface area contributed by atoms with E-state index in [2.05, 4.69) is 39.8 Å². The first-order chi connectivity index (χ1) is 24.9. The van der Waals surface area contributed by atoms with E-state index in [0.29, 0.717) is 25.3 Å². The van der Waals surface area contributed by atoms with Gasteiger partial charge in [-0.15, -0.1) is 22.7 Å². The van der Waals surface area contributed by atoms with E-state index in [1.807, 2.05) is 79.9 Å². The van der Waals surface area contributed by atoms with E-state index < -0.39 is 29.3 Å². The van der Waals surface area contributed by atoms with E-state index in [-0.39, 0.29) is 42.7 Å². The molecule has 2 heterocycles. The molecule has 52 heavy (non-hydrogen) atoms. The fourth-order valence-corrected chi connectivity index (χ4v) is 8.42. The fraction of sp³-hybridized carbons (Fsp3) is 0.462. The number of aromatic nitrogens is 2. The molecule has 0 spiro atoms. The summed E-state index contributed by atoms with van der Waals surface area (Å²) in [5.74, 6) is -0.444. The van der Waals surface area contributed by atoms with Gasteiger partial charge in [0.1, 0.15) is 12.6 Å². The van der Waals surface area contributed by atoms with Gasteiger partial charge in [-0.1, -0.05) is 88.4 Å². The van der Waals surface area contributed by atoms with Crippen LogP contribution in [0.2, 0.25) is 0 Å². The van der Waals surface area contributed by atoms with E-state index in [1.54, 1.807) is 30.1 Å². The normalized spacial score (nSPS) is 23.1. The minimum absolute atomic E-state index is 0.0671. The number of carbonyl (C=O) groups excluding carboxylic acids is 3. The molecular weight excluding hydrogens is 697 g/mol. The number of ether oxygens (including phenoxy) is 1. The number of rotatable bonds is 15. The second kappa shape index (κ2) is 15.7. The molecule has 4 amide bonds. The van der Waals surface area contributed by atoms with Crippen molar-refractivity contribution in [1.82, 2.24) is 30.8 Å². The van der Waals surface area contributed by atoms with Crippen molar-refractivity contribution in [3.05, 3.63) is 104 Å². The number of aliphatic hydroxyl groups is 1. The topological polar surface area (TPSA) is 146 Å². The van der Waals surface area contributed by atoms with Gasteiger partial charge in [-0.25, -0.2) is 14.6 Å².